The maximum absolute atomic E-state index is 4.65. The Bertz CT molecular complexity index is 315. The van der Waals surface area contributed by atoms with E-state index >= 15 is 0 Å². The number of hydrogen-bond acceptors (Lipinski definition) is 1. The Balaban J connectivity index is 3.16. The molecule has 0 aliphatic carbocycles. The number of aryl methyl sites for hydroxylation is 2. The Hall–Kier alpha value is -0.850. The smallest absolute Gasteiger partial charge is 0.0437 e. The van der Waals surface area contributed by atoms with Crippen LogP contribution in [0.1, 0.15) is 55.6 Å². The molecule has 1 rings (SSSR count). The molecule has 0 saturated heterocycles. The van der Waals surface area contributed by atoms with Gasteiger partial charge in [0.15, 0.2) is 0 Å². The average Bonchev–Trinajstić information content (AvgIpc) is 2.20. The highest BCUT2D eigenvalue weighted by atomic mass is 14.7. The largest absolute Gasteiger partial charge is 0.258 e. The number of pyridine rings is 1. The zero-order chi connectivity index (χ0) is 10.7. The van der Waals surface area contributed by atoms with Crippen LogP contribution in [-0.4, -0.2) is 4.98 Å². The minimum atomic E-state index is 0.583. The summed E-state index contributed by atoms with van der Waals surface area (Å²) in [5.41, 5.74) is 5.26. The molecule has 0 bridgehead atoms. The summed E-state index contributed by atoms with van der Waals surface area (Å²) in [5, 5.41) is 0. The maximum atomic E-state index is 4.65. The molecule has 0 saturated carbocycles. The predicted octanol–water partition coefficient (Wildman–Crippen LogP) is 3.77. The van der Waals surface area contributed by atoms with E-state index in [-0.39, 0.29) is 0 Å². The molecule has 1 aromatic rings. The highest BCUT2D eigenvalue weighted by Gasteiger charge is 2.09. The summed E-state index contributed by atoms with van der Waals surface area (Å²) >= 11 is 0. The lowest BCUT2D eigenvalue weighted by Gasteiger charge is -2.13. The van der Waals surface area contributed by atoms with E-state index in [0.717, 1.165) is 6.42 Å². The van der Waals surface area contributed by atoms with E-state index in [9.17, 15) is 0 Å². The third-order valence-corrected chi connectivity index (χ3v) is 3.14. The Morgan fingerprint density at radius 3 is 2.43 bits per heavy atom. The van der Waals surface area contributed by atoms with Crippen molar-refractivity contribution in [2.45, 2.75) is 53.4 Å². The summed E-state index contributed by atoms with van der Waals surface area (Å²) in [4.78, 5) is 4.65. The quantitative estimate of drug-likeness (QED) is 0.708. The Morgan fingerprint density at radius 1 is 1.29 bits per heavy atom. The van der Waals surface area contributed by atoms with Crippen molar-refractivity contribution in [1.29, 1.82) is 0 Å². The molecule has 0 amide bonds. The van der Waals surface area contributed by atoms with Crippen LogP contribution in [0, 0.1) is 13.8 Å². The van der Waals surface area contributed by atoms with Crippen molar-refractivity contribution in [3.05, 3.63) is 28.6 Å². The summed E-state index contributed by atoms with van der Waals surface area (Å²) in [5.74, 6) is 0.583. The fraction of sp³-hybridized carbons (Fsp3) is 0.615. The molecule has 1 heteroatoms. The van der Waals surface area contributed by atoms with Gasteiger partial charge in [-0.1, -0.05) is 20.8 Å². The third kappa shape index (κ3) is 2.14. The summed E-state index contributed by atoms with van der Waals surface area (Å²) < 4.78 is 0. The van der Waals surface area contributed by atoms with Crippen LogP contribution in [0.5, 0.6) is 0 Å². The van der Waals surface area contributed by atoms with Crippen molar-refractivity contribution in [2.24, 2.45) is 0 Å². The topological polar surface area (TPSA) is 12.9 Å². The van der Waals surface area contributed by atoms with Crippen molar-refractivity contribution < 1.29 is 0 Å². The SMILES string of the molecule is CCc1cc([C@H](C)CC)nc(C)c1C. The lowest BCUT2D eigenvalue weighted by atomic mass is 9.98. The second kappa shape index (κ2) is 4.59. The molecule has 0 aliphatic rings. The first-order valence-corrected chi connectivity index (χ1v) is 5.57. The van der Waals surface area contributed by atoms with Crippen molar-refractivity contribution in [3.63, 3.8) is 0 Å². The lowest BCUT2D eigenvalue weighted by Crippen LogP contribution is -2.02. The molecule has 0 fully saturated rings. The fourth-order valence-electron chi connectivity index (χ4n) is 1.66. The zero-order valence-electron chi connectivity index (χ0n) is 10.0. The molecule has 1 nitrogen and oxygen atoms in total. The van der Waals surface area contributed by atoms with E-state index < -0.39 is 0 Å². The normalized spacial score (nSPS) is 12.9. The molecule has 1 atom stereocenters. The number of hydrogen-bond donors (Lipinski definition) is 0. The van der Waals surface area contributed by atoms with Gasteiger partial charge in [-0.05, 0) is 49.8 Å². The highest BCUT2D eigenvalue weighted by molar-refractivity contribution is 5.32. The van der Waals surface area contributed by atoms with Crippen molar-refractivity contribution in [2.75, 3.05) is 0 Å². The average molecular weight is 191 g/mol. The van der Waals surface area contributed by atoms with Crippen LogP contribution in [0.2, 0.25) is 0 Å². The van der Waals surface area contributed by atoms with Crippen LogP contribution in [-0.2, 0) is 6.42 Å². The first-order valence-electron chi connectivity index (χ1n) is 5.57. The molecular formula is C13H21N. The van der Waals surface area contributed by atoms with Gasteiger partial charge in [-0.15, -0.1) is 0 Å². The standard InChI is InChI=1S/C13H21N/c1-6-9(3)13-8-12(7-2)10(4)11(5)14-13/h8-9H,6-7H2,1-5H3/t9-/m1/s1. The van der Waals surface area contributed by atoms with Crippen LogP contribution in [0.4, 0.5) is 0 Å². The van der Waals surface area contributed by atoms with E-state index in [2.05, 4.69) is 45.7 Å². The van der Waals surface area contributed by atoms with E-state index in [4.69, 9.17) is 0 Å². The molecule has 0 aliphatic heterocycles. The molecule has 0 N–H and O–H groups in total. The Morgan fingerprint density at radius 2 is 1.93 bits per heavy atom. The van der Waals surface area contributed by atoms with E-state index in [1.807, 2.05) is 0 Å². The van der Waals surface area contributed by atoms with Gasteiger partial charge in [0.25, 0.3) is 0 Å². The first-order chi connectivity index (χ1) is 6.60. The van der Waals surface area contributed by atoms with Gasteiger partial charge in [0, 0.05) is 11.4 Å². The second-order valence-corrected chi connectivity index (χ2v) is 4.08. The predicted molar refractivity (Wildman–Crippen MR) is 61.8 cm³/mol. The van der Waals surface area contributed by atoms with Crippen LogP contribution in [0.3, 0.4) is 0 Å². The summed E-state index contributed by atoms with van der Waals surface area (Å²) in [6.07, 6.45) is 2.28. The van der Waals surface area contributed by atoms with Crippen molar-refractivity contribution in [3.8, 4) is 0 Å². The Labute approximate surface area is 87.6 Å². The molecule has 0 spiro atoms. The van der Waals surface area contributed by atoms with Gasteiger partial charge in [0.2, 0.25) is 0 Å². The number of nitrogens with zero attached hydrogens (tertiary/aromatic N) is 1. The maximum Gasteiger partial charge on any atom is 0.0437 e. The van der Waals surface area contributed by atoms with Gasteiger partial charge >= 0.3 is 0 Å². The van der Waals surface area contributed by atoms with Gasteiger partial charge in [-0.3, -0.25) is 4.98 Å². The lowest BCUT2D eigenvalue weighted by molar-refractivity contribution is 0.701. The van der Waals surface area contributed by atoms with Gasteiger partial charge in [0.1, 0.15) is 0 Å². The van der Waals surface area contributed by atoms with Crippen LogP contribution in [0.15, 0.2) is 6.07 Å². The summed E-state index contributed by atoms with van der Waals surface area (Å²) in [7, 11) is 0. The van der Waals surface area contributed by atoms with E-state index in [1.54, 1.807) is 0 Å². The van der Waals surface area contributed by atoms with E-state index in [0.29, 0.717) is 5.92 Å². The minimum Gasteiger partial charge on any atom is -0.258 e. The number of rotatable bonds is 3. The zero-order valence-corrected chi connectivity index (χ0v) is 10.0. The molecule has 1 heterocycles. The van der Waals surface area contributed by atoms with Crippen molar-refractivity contribution >= 4 is 0 Å². The van der Waals surface area contributed by atoms with Gasteiger partial charge < -0.3 is 0 Å². The molecular weight excluding hydrogens is 170 g/mol. The Kier molecular flexibility index (Phi) is 3.68. The van der Waals surface area contributed by atoms with Gasteiger partial charge in [-0.25, -0.2) is 0 Å². The first kappa shape index (κ1) is 11.2. The monoisotopic (exact) mass is 191 g/mol. The molecule has 14 heavy (non-hydrogen) atoms. The van der Waals surface area contributed by atoms with Crippen molar-refractivity contribution in [1.82, 2.24) is 4.98 Å². The number of aromatic nitrogens is 1. The molecule has 0 radical (unpaired) electrons. The fourth-order valence-corrected chi connectivity index (χ4v) is 1.66. The third-order valence-electron chi connectivity index (χ3n) is 3.14. The molecule has 0 aromatic carbocycles. The van der Waals surface area contributed by atoms with Gasteiger partial charge in [-0.2, -0.15) is 0 Å². The minimum absolute atomic E-state index is 0.583. The van der Waals surface area contributed by atoms with E-state index in [1.165, 1.54) is 28.9 Å². The van der Waals surface area contributed by atoms with Crippen LogP contribution in [0.25, 0.3) is 0 Å². The molecule has 0 unspecified atom stereocenters. The second-order valence-electron chi connectivity index (χ2n) is 4.08. The molecule has 1 aromatic heterocycles. The summed E-state index contributed by atoms with van der Waals surface area (Å²) in [6, 6.07) is 2.27. The van der Waals surface area contributed by atoms with Crippen LogP contribution < -0.4 is 0 Å². The summed E-state index contributed by atoms with van der Waals surface area (Å²) in [6.45, 7) is 11.0. The molecule has 78 valence electrons. The highest BCUT2D eigenvalue weighted by Crippen LogP contribution is 2.21. The van der Waals surface area contributed by atoms with Crippen LogP contribution >= 0.6 is 0 Å². The van der Waals surface area contributed by atoms with Gasteiger partial charge in [0.05, 0.1) is 0 Å².